The molecule has 4 rings (SSSR count). The highest BCUT2D eigenvalue weighted by Gasteiger charge is 2.38. The molecule has 3 N–H and O–H groups in total. The zero-order valence-electron chi connectivity index (χ0n) is 13.4. The molecule has 2 aromatic rings. The minimum absolute atomic E-state index is 0.0320. The third kappa shape index (κ3) is 3.14. The highest BCUT2D eigenvalue weighted by atomic mass is 32.2. The van der Waals surface area contributed by atoms with E-state index in [9.17, 15) is 4.79 Å². The van der Waals surface area contributed by atoms with Crippen LogP contribution in [0.2, 0.25) is 0 Å². The Hall–Kier alpha value is -1.98. The average molecular weight is 339 g/mol. The number of fused-ring (bicyclic) bond motifs is 2. The van der Waals surface area contributed by atoms with Crippen LogP contribution in [0, 0.1) is 5.92 Å². The summed E-state index contributed by atoms with van der Waals surface area (Å²) in [4.78, 5) is 17.0. The van der Waals surface area contributed by atoms with Crippen LogP contribution in [-0.2, 0) is 0 Å². The summed E-state index contributed by atoms with van der Waals surface area (Å²) in [7, 11) is 0. The molecule has 0 aromatic heterocycles. The van der Waals surface area contributed by atoms with Gasteiger partial charge in [-0.15, -0.1) is 0 Å². The summed E-state index contributed by atoms with van der Waals surface area (Å²) < 4.78 is 0. The first-order valence-corrected chi connectivity index (χ1v) is 9.16. The van der Waals surface area contributed by atoms with E-state index in [2.05, 4.69) is 10.2 Å². The fraction of sp³-hybridized carbons (Fsp3) is 0.316. The van der Waals surface area contributed by atoms with Crippen molar-refractivity contribution in [2.75, 3.05) is 25.4 Å². The second-order valence-electron chi connectivity index (χ2n) is 6.55. The molecule has 2 aliphatic heterocycles. The molecule has 5 heteroatoms. The van der Waals surface area contributed by atoms with Crippen molar-refractivity contribution in [1.82, 2.24) is 10.2 Å². The third-order valence-electron chi connectivity index (χ3n) is 4.91. The number of nitrogens with zero attached hydrogens (tertiary/aromatic N) is 1. The number of nitrogens with one attached hydrogen (secondary N) is 1. The molecule has 1 amide bonds. The summed E-state index contributed by atoms with van der Waals surface area (Å²) in [5, 5.41) is 3.20. The number of carbonyl (C=O) groups excluding carboxylic acids is 1. The lowest BCUT2D eigenvalue weighted by atomic mass is 9.99. The van der Waals surface area contributed by atoms with Crippen molar-refractivity contribution in [2.45, 2.75) is 22.3 Å². The quantitative estimate of drug-likeness (QED) is 0.841. The van der Waals surface area contributed by atoms with Gasteiger partial charge in [-0.1, -0.05) is 23.9 Å². The van der Waals surface area contributed by atoms with Crippen molar-refractivity contribution < 1.29 is 4.79 Å². The van der Waals surface area contributed by atoms with Crippen LogP contribution in [0.15, 0.2) is 58.3 Å². The van der Waals surface area contributed by atoms with E-state index in [0.29, 0.717) is 12.0 Å². The number of hydrogen-bond donors (Lipinski definition) is 2. The summed E-state index contributed by atoms with van der Waals surface area (Å²) in [5.74, 6) is 0.661. The van der Waals surface area contributed by atoms with Crippen molar-refractivity contribution in [3.05, 3.63) is 54.1 Å². The van der Waals surface area contributed by atoms with Crippen LogP contribution in [0.5, 0.6) is 0 Å². The van der Waals surface area contributed by atoms with E-state index in [1.165, 1.54) is 13.0 Å². The molecule has 2 unspecified atom stereocenters. The maximum absolute atomic E-state index is 12.4. The topological polar surface area (TPSA) is 58.4 Å². The average Bonchev–Trinajstić information content (AvgIpc) is 3.20. The second kappa shape index (κ2) is 6.49. The van der Waals surface area contributed by atoms with Gasteiger partial charge >= 0.3 is 0 Å². The van der Waals surface area contributed by atoms with Gasteiger partial charge in [0.15, 0.2) is 0 Å². The van der Waals surface area contributed by atoms with E-state index < -0.39 is 0 Å². The molecule has 3 atom stereocenters. The minimum atomic E-state index is 0.0320. The summed E-state index contributed by atoms with van der Waals surface area (Å²) in [5.41, 5.74) is 7.47. The molecule has 2 bridgehead atoms. The van der Waals surface area contributed by atoms with Gasteiger partial charge in [-0.3, -0.25) is 4.79 Å². The Kier molecular flexibility index (Phi) is 4.21. The molecule has 2 aromatic carbocycles. The number of para-hydroxylation sites is 1. The molecule has 2 heterocycles. The lowest BCUT2D eigenvalue weighted by Gasteiger charge is -2.23. The molecule has 0 saturated carbocycles. The number of benzene rings is 2. The normalized spacial score (nSPS) is 24.9. The molecule has 2 saturated heterocycles. The highest BCUT2D eigenvalue weighted by molar-refractivity contribution is 7.99. The summed E-state index contributed by atoms with van der Waals surface area (Å²) in [6.07, 6.45) is 1.21. The fourth-order valence-corrected chi connectivity index (χ4v) is 4.43. The lowest BCUT2D eigenvalue weighted by molar-refractivity contribution is 0.0924. The van der Waals surface area contributed by atoms with Gasteiger partial charge in [0.1, 0.15) is 0 Å². The molecule has 24 heavy (non-hydrogen) atoms. The van der Waals surface area contributed by atoms with Crippen LogP contribution < -0.4 is 11.1 Å². The first-order valence-electron chi connectivity index (χ1n) is 8.35. The highest BCUT2D eigenvalue weighted by Crippen LogP contribution is 2.32. The molecule has 4 nitrogen and oxygen atoms in total. The Morgan fingerprint density at radius 2 is 1.92 bits per heavy atom. The van der Waals surface area contributed by atoms with E-state index in [0.717, 1.165) is 34.1 Å². The smallest absolute Gasteiger partial charge is 0.251 e. The Labute approximate surface area is 146 Å². The predicted molar refractivity (Wildman–Crippen MR) is 97.2 cm³/mol. The van der Waals surface area contributed by atoms with E-state index in [4.69, 9.17) is 5.73 Å². The standard InChI is InChI=1S/C19H21N3OS/c20-16-3-1-2-4-18(16)24-15-7-5-13(6-8-15)19(23)21-17-12-22-10-9-14(17)11-22/h1-8,14,17H,9-12,20H2,(H,21,23)/t14-,17?/m0/s1. The number of piperidine rings is 1. The van der Waals surface area contributed by atoms with Gasteiger partial charge in [-0.25, -0.2) is 0 Å². The molecule has 124 valence electrons. The number of hydrogen-bond acceptors (Lipinski definition) is 4. The van der Waals surface area contributed by atoms with E-state index in [-0.39, 0.29) is 5.91 Å². The molecule has 0 radical (unpaired) electrons. The fourth-order valence-electron chi connectivity index (χ4n) is 3.57. The Morgan fingerprint density at radius 3 is 2.58 bits per heavy atom. The monoisotopic (exact) mass is 339 g/mol. The number of carbonyl (C=O) groups is 1. The Balaban J connectivity index is 1.40. The summed E-state index contributed by atoms with van der Waals surface area (Å²) in [6, 6.07) is 15.9. The van der Waals surface area contributed by atoms with Crippen LogP contribution in [0.4, 0.5) is 5.69 Å². The third-order valence-corrected chi connectivity index (χ3v) is 6.01. The van der Waals surface area contributed by atoms with E-state index in [1.54, 1.807) is 11.8 Å². The molecule has 2 aliphatic rings. The van der Waals surface area contributed by atoms with Crippen LogP contribution >= 0.6 is 11.8 Å². The van der Waals surface area contributed by atoms with Crippen LogP contribution in [-0.4, -0.2) is 36.5 Å². The second-order valence-corrected chi connectivity index (χ2v) is 7.67. The molecular weight excluding hydrogens is 318 g/mol. The summed E-state index contributed by atoms with van der Waals surface area (Å²) >= 11 is 1.61. The predicted octanol–water partition coefficient (Wildman–Crippen LogP) is 2.85. The number of rotatable bonds is 4. The van der Waals surface area contributed by atoms with Gasteiger partial charge in [0.05, 0.1) is 0 Å². The van der Waals surface area contributed by atoms with E-state index in [1.807, 2.05) is 48.5 Å². The molecule has 0 aliphatic carbocycles. The van der Waals surface area contributed by atoms with Crippen molar-refractivity contribution >= 4 is 23.4 Å². The van der Waals surface area contributed by atoms with Gasteiger partial charge in [0.2, 0.25) is 0 Å². The SMILES string of the molecule is Nc1ccccc1Sc1ccc(C(=O)NC2CN3CC[C@H]2C3)cc1. The minimum Gasteiger partial charge on any atom is -0.398 e. The Morgan fingerprint density at radius 1 is 1.12 bits per heavy atom. The Bertz CT molecular complexity index is 747. The first-order chi connectivity index (χ1) is 11.7. The zero-order chi connectivity index (χ0) is 16.5. The molecule has 2 fully saturated rings. The van der Waals surface area contributed by atoms with E-state index >= 15 is 0 Å². The molecule has 0 spiro atoms. The number of nitrogens with two attached hydrogens (primary N) is 1. The maximum Gasteiger partial charge on any atom is 0.251 e. The van der Waals surface area contributed by atoms with Gasteiger partial charge in [0.25, 0.3) is 5.91 Å². The van der Waals surface area contributed by atoms with Crippen LogP contribution in [0.1, 0.15) is 16.8 Å². The number of nitrogen functional groups attached to an aromatic ring is 1. The van der Waals surface area contributed by atoms with Crippen molar-refractivity contribution in [1.29, 1.82) is 0 Å². The number of anilines is 1. The number of amides is 1. The van der Waals surface area contributed by atoms with Gasteiger partial charge in [-0.05, 0) is 55.3 Å². The first kappa shape index (κ1) is 15.5. The maximum atomic E-state index is 12.4. The molecular formula is C19H21N3OS. The van der Waals surface area contributed by atoms with Crippen LogP contribution in [0.3, 0.4) is 0 Å². The van der Waals surface area contributed by atoms with Gasteiger partial charge in [0, 0.05) is 40.2 Å². The van der Waals surface area contributed by atoms with Gasteiger partial charge < -0.3 is 16.0 Å². The summed E-state index contributed by atoms with van der Waals surface area (Å²) in [6.45, 7) is 3.32. The van der Waals surface area contributed by atoms with Crippen molar-refractivity contribution in [3.8, 4) is 0 Å². The van der Waals surface area contributed by atoms with Gasteiger partial charge in [-0.2, -0.15) is 0 Å². The van der Waals surface area contributed by atoms with Crippen molar-refractivity contribution in [2.24, 2.45) is 5.92 Å². The largest absolute Gasteiger partial charge is 0.398 e. The van der Waals surface area contributed by atoms with Crippen LogP contribution in [0.25, 0.3) is 0 Å². The zero-order valence-corrected chi connectivity index (χ0v) is 14.3. The van der Waals surface area contributed by atoms with Crippen molar-refractivity contribution in [3.63, 3.8) is 0 Å². The lowest BCUT2D eigenvalue weighted by Crippen LogP contribution is -2.43.